The molecule has 8 nitrogen and oxygen atoms in total. The smallest absolute Gasteiger partial charge is 0.250 e. The lowest BCUT2D eigenvalue weighted by atomic mass is 9.77. The molecule has 3 aliphatic heterocycles. The zero-order chi connectivity index (χ0) is 22.0. The van der Waals surface area contributed by atoms with Crippen LogP contribution >= 0.6 is 23.1 Å². The SMILES string of the molecule is CSc1c2sc(C3=C(C(=O)[O-])N4C(=O)[C@H]([C@@H](C)O)[C@H]4[C@H]3C)c[n+]2cn1C1CCNCC1. The number of β-lactam (4-membered cyclic amide) rings is 1. The van der Waals surface area contributed by atoms with Gasteiger partial charge in [0.15, 0.2) is 0 Å². The number of piperidine rings is 1. The van der Waals surface area contributed by atoms with Gasteiger partial charge in [-0.3, -0.25) is 4.79 Å². The minimum Gasteiger partial charge on any atom is -0.543 e. The number of aliphatic hydroxyl groups excluding tert-OH is 1. The first-order chi connectivity index (χ1) is 14.8. The Morgan fingerprint density at radius 2 is 2.13 bits per heavy atom. The third kappa shape index (κ3) is 2.99. The number of hydrogen-bond acceptors (Lipinski definition) is 7. The monoisotopic (exact) mass is 462 g/mol. The van der Waals surface area contributed by atoms with E-state index in [2.05, 4.69) is 26.9 Å². The van der Waals surface area contributed by atoms with Crippen LogP contribution in [0.1, 0.15) is 37.6 Å². The lowest BCUT2D eigenvalue weighted by Gasteiger charge is -2.47. The number of imidazole rings is 1. The van der Waals surface area contributed by atoms with Gasteiger partial charge in [0, 0.05) is 24.3 Å². The Hall–Kier alpha value is -1.88. The first-order valence-electron chi connectivity index (χ1n) is 10.6. The molecule has 3 aliphatic rings. The maximum Gasteiger partial charge on any atom is 0.250 e. The van der Waals surface area contributed by atoms with Gasteiger partial charge in [-0.2, -0.15) is 4.40 Å². The molecule has 166 valence electrons. The number of hydrogen-bond donors (Lipinski definition) is 2. The molecule has 5 rings (SSSR count). The fourth-order valence-electron chi connectivity index (χ4n) is 5.45. The highest BCUT2D eigenvalue weighted by atomic mass is 32.2. The quantitative estimate of drug-likeness (QED) is 0.375. The first-order valence-corrected chi connectivity index (χ1v) is 12.7. The molecule has 4 atom stereocenters. The number of nitrogens with one attached hydrogen (secondary N) is 1. The Balaban J connectivity index is 1.58. The van der Waals surface area contributed by atoms with Crippen LogP contribution in [0.15, 0.2) is 23.2 Å². The van der Waals surface area contributed by atoms with Gasteiger partial charge in [0.1, 0.15) is 12.2 Å². The topological polar surface area (TPSA) is 102 Å². The number of thioether (sulfide) groups is 1. The van der Waals surface area contributed by atoms with E-state index in [1.807, 2.05) is 13.1 Å². The molecule has 2 aromatic heterocycles. The van der Waals surface area contributed by atoms with Crippen molar-refractivity contribution in [2.75, 3.05) is 19.3 Å². The molecule has 0 radical (unpaired) electrons. The van der Waals surface area contributed by atoms with Crippen LogP contribution in [-0.4, -0.2) is 57.9 Å². The van der Waals surface area contributed by atoms with E-state index in [0.717, 1.165) is 35.6 Å². The van der Waals surface area contributed by atoms with Gasteiger partial charge in [-0.25, -0.2) is 4.57 Å². The largest absolute Gasteiger partial charge is 0.543 e. The summed E-state index contributed by atoms with van der Waals surface area (Å²) in [4.78, 5) is 27.9. The number of thiazole rings is 1. The van der Waals surface area contributed by atoms with Gasteiger partial charge in [0.2, 0.25) is 15.8 Å². The second-order valence-electron chi connectivity index (χ2n) is 8.62. The minimum atomic E-state index is -1.34. The molecule has 2 saturated heterocycles. The Morgan fingerprint density at radius 3 is 2.74 bits per heavy atom. The number of carboxylic acids is 1. The third-order valence-electron chi connectivity index (χ3n) is 6.89. The number of carbonyl (C=O) groups is 2. The molecule has 10 heteroatoms. The van der Waals surface area contributed by atoms with E-state index in [0.29, 0.717) is 11.6 Å². The van der Waals surface area contributed by atoms with Gasteiger partial charge in [-0.05, 0) is 26.3 Å². The Kier molecular flexibility index (Phi) is 5.16. The fraction of sp³-hybridized carbons (Fsp3) is 0.571. The average molecular weight is 463 g/mol. The summed E-state index contributed by atoms with van der Waals surface area (Å²) in [7, 11) is 0. The Labute approximate surface area is 188 Å². The van der Waals surface area contributed by atoms with Crippen molar-refractivity contribution in [1.82, 2.24) is 14.8 Å². The van der Waals surface area contributed by atoms with Crippen molar-refractivity contribution in [2.24, 2.45) is 11.8 Å². The first kappa shape index (κ1) is 21.0. The van der Waals surface area contributed by atoms with Crippen LogP contribution in [0.25, 0.3) is 10.4 Å². The van der Waals surface area contributed by atoms with Gasteiger partial charge in [0.05, 0.1) is 34.6 Å². The summed E-state index contributed by atoms with van der Waals surface area (Å²) in [6.45, 7) is 5.54. The van der Waals surface area contributed by atoms with Crippen molar-refractivity contribution in [3.8, 4) is 0 Å². The van der Waals surface area contributed by atoms with E-state index in [-0.39, 0.29) is 23.6 Å². The number of aromatic nitrogens is 2. The highest BCUT2D eigenvalue weighted by Gasteiger charge is 2.59. The second-order valence-corrected chi connectivity index (χ2v) is 10.5. The molecule has 2 fully saturated rings. The summed E-state index contributed by atoms with van der Waals surface area (Å²) in [5.41, 5.74) is 0.594. The molecule has 5 heterocycles. The summed E-state index contributed by atoms with van der Waals surface area (Å²) in [5.74, 6) is -2.44. The molecule has 2 aromatic rings. The molecule has 0 spiro atoms. The molecule has 0 saturated carbocycles. The van der Waals surface area contributed by atoms with Crippen LogP contribution in [0.5, 0.6) is 0 Å². The third-order valence-corrected chi connectivity index (χ3v) is 8.95. The molecular weight excluding hydrogens is 436 g/mol. The van der Waals surface area contributed by atoms with Gasteiger partial charge >= 0.3 is 0 Å². The molecule has 0 unspecified atom stereocenters. The molecular formula is C21H26N4O4S2. The van der Waals surface area contributed by atoms with Crippen molar-refractivity contribution in [2.45, 2.75) is 49.9 Å². The van der Waals surface area contributed by atoms with Crippen molar-refractivity contribution in [3.05, 3.63) is 23.1 Å². The Morgan fingerprint density at radius 1 is 1.42 bits per heavy atom. The molecule has 0 aromatic carbocycles. The van der Waals surface area contributed by atoms with Crippen LogP contribution in [0.3, 0.4) is 0 Å². The van der Waals surface area contributed by atoms with Crippen LogP contribution in [0.4, 0.5) is 0 Å². The van der Waals surface area contributed by atoms with Crippen LogP contribution < -0.4 is 14.8 Å². The normalized spacial score (nSPS) is 27.7. The van der Waals surface area contributed by atoms with Gasteiger partial charge in [-0.15, -0.1) is 0 Å². The molecule has 2 N–H and O–H groups in total. The second kappa shape index (κ2) is 7.61. The lowest BCUT2D eigenvalue weighted by molar-refractivity contribution is -0.508. The van der Waals surface area contributed by atoms with Crippen molar-refractivity contribution >= 4 is 45.4 Å². The van der Waals surface area contributed by atoms with E-state index in [9.17, 15) is 19.8 Å². The summed E-state index contributed by atoms with van der Waals surface area (Å²) >= 11 is 3.25. The molecule has 31 heavy (non-hydrogen) atoms. The van der Waals surface area contributed by atoms with Crippen molar-refractivity contribution < 1.29 is 24.2 Å². The van der Waals surface area contributed by atoms with Crippen molar-refractivity contribution in [3.63, 3.8) is 0 Å². The van der Waals surface area contributed by atoms with Gasteiger partial charge in [-0.1, -0.05) is 30.0 Å². The van der Waals surface area contributed by atoms with Gasteiger partial charge in [0.25, 0.3) is 6.33 Å². The number of aliphatic carboxylic acids is 1. The predicted molar refractivity (Wildman–Crippen MR) is 115 cm³/mol. The number of fused-ring (bicyclic) bond motifs is 2. The number of carboxylic acid groups (broad SMARTS) is 1. The average Bonchev–Trinajstić information content (AvgIpc) is 3.35. The highest BCUT2D eigenvalue weighted by molar-refractivity contribution is 7.98. The van der Waals surface area contributed by atoms with Crippen LogP contribution in [0, 0.1) is 11.8 Å². The molecule has 1 amide bonds. The summed E-state index contributed by atoms with van der Waals surface area (Å²) in [6, 6.07) is 0.116. The summed E-state index contributed by atoms with van der Waals surface area (Å²) in [6.07, 6.45) is 7.49. The van der Waals surface area contributed by atoms with E-state index in [1.54, 1.807) is 30.0 Å². The van der Waals surface area contributed by atoms with E-state index in [4.69, 9.17) is 0 Å². The zero-order valence-electron chi connectivity index (χ0n) is 17.7. The summed E-state index contributed by atoms with van der Waals surface area (Å²) in [5, 5.41) is 26.7. The number of aliphatic hydroxyl groups is 1. The fourth-order valence-corrected chi connectivity index (χ4v) is 7.68. The van der Waals surface area contributed by atoms with Gasteiger partial charge < -0.3 is 25.2 Å². The maximum atomic E-state index is 12.6. The molecule has 0 aliphatic carbocycles. The van der Waals surface area contributed by atoms with E-state index < -0.39 is 18.0 Å². The maximum absolute atomic E-state index is 12.6. The highest BCUT2D eigenvalue weighted by Crippen LogP contribution is 2.51. The number of nitrogens with zero attached hydrogens (tertiary/aromatic N) is 3. The zero-order valence-corrected chi connectivity index (χ0v) is 19.3. The number of rotatable bonds is 5. The van der Waals surface area contributed by atoms with Crippen LogP contribution in [-0.2, 0) is 9.59 Å². The lowest BCUT2D eigenvalue weighted by Crippen LogP contribution is -2.64. The summed E-state index contributed by atoms with van der Waals surface area (Å²) < 4.78 is 4.41. The van der Waals surface area contributed by atoms with Crippen molar-refractivity contribution in [1.29, 1.82) is 0 Å². The van der Waals surface area contributed by atoms with E-state index >= 15 is 0 Å². The number of carbonyl (C=O) groups excluding carboxylic acids is 2. The Bertz CT molecular complexity index is 1100. The molecule has 0 bridgehead atoms. The van der Waals surface area contributed by atoms with Crippen LogP contribution in [0.2, 0.25) is 0 Å². The predicted octanol–water partition coefficient (Wildman–Crippen LogP) is 0.253. The minimum absolute atomic E-state index is 0.0409. The standard InChI is InChI=1S/C21H26N4O4S2/c1-10-14(17(21(28)29)25-16(10)15(11(2)26)18(25)27)13-8-23-9-24(12-4-6-22-7-5-12)20(30-3)19(23)31-13/h8-12,15-16,22,26H,4-7H2,1-3H3/t10-,11+,15+,16+/m0/s1. The van der Waals surface area contributed by atoms with E-state index in [1.165, 1.54) is 9.93 Å². The number of amides is 1.